The molecule has 0 spiro atoms. The highest BCUT2D eigenvalue weighted by Gasteiger charge is 2.31. The van der Waals surface area contributed by atoms with Gasteiger partial charge in [-0.1, -0.05) is 11.6 Å². The minimum atomic E-state index is 0.120. The summed E-state index contributed by atoms with van der Waals surface area (Å²) in [6.45, 7) is 4.55. The van der Waals surface area contributed by atoms with E-state index >= 15 is 0 Å². The van der Waals surface area contributed by atoms with Crippen LogP contribution in [0.4, 0.5) is 0 Å². The third-order valence-corrected chi connectivity index (χ3v) is 4.15. The quantitative estimate of drug-likeness (QED) is 0.891. The minimum absolute atomic E-state index is 0.120. The van der Waals surface area contributed by atoms with E-state index in [1.807, 2.05) is 24.0 Å². The van der Waals surface area contributed by atoms with E-state index in [-0.39, 0.29) is 5.91 Å². The maximum atomic E-state index is 12.2. The van der Waals surface area contributed by atoms with Crippen LogP contribution < -0.4 is 5.32 Å². The highest BCUT2D eigenvalue weighted by Crippen LogP contribution is 2.35. The molecule has 2 aliphatic rings. The first kappa shape index (κ1) is 12.0. The van der Waals surface area contributed by atoms with E-state index in [0.29, 0.717) is 11.1 Å². The van der Waals surface area contributed by atoms with E-state index < -0.39 is 0 Å². The Morgan fingerprint density at radius 2 is 2.33 bits per heavy atom. The number of hydrogen-bond acceptors (Lipinski definition) is 2. The molecule has 1 aromatic rings. The SMILES string of the molecule is CCN1Cc2c(cc(Cl)cc2[C@@H]2CCCN2)C1=O. The molecule has 96 valence electrons. The Balaban J connectivity index is 2.06. The van der Waals surface area contributed by atoms with Crippen LogP contribution in [0.5, 0.6) is 0 Å². The summed E-state index contributed by atoms with van der Waals surface area (Å²) in [6.07, 6.45) is 2.32. The average Bonchev–Trinajstić information content (AvgIpc) is 2.98. The van der Waals surface area contributed by atoms with Crippen molar-refractivity contribution < 1.29 is 4.79 Å². The van der Waals surface area contributed by atoms with Gasteiger partial charge in [-0.2, -0.15) is 0 Å². The van der Waals surface area contributed by atoms with Crippen LogP contribution in [-0.2, 0) is 6.54 Å². The number of hydrogen-bond donors (Lipinski definition) is 1. The number of nitrogens with one attached hydrogen (secondary N) is 1. The number of benzene rings is 1. The first-order valence-electron chi connectivity index (χ1n) is 6.55. The fourth-order valence-electron chi connectivity index (χ4n) is 2.97. The van der Waals surface area contributed by atoms with Gasteiger partial charge in [0.2, 0.25) is 0 Å². The van der Waals surface area contributed by atoms with Crippen LogP contribution in [0, 0.1) is 0 Å². The van der Waals surface area contributed by atoms with Crippen LogP contribution >= 0.6 is 11.6 Å². The molecule has 2 heterocycles. The Bertz CT molecular complexity index is 495. The third kappa shape index (κ3) is 1.82. The van der Waals surface area contributed by atoms with Crippen molar-refractivity contribution in [3.8, 4) is 0 Å². The Morgan fingerprint density at radius 1 is 1.50 bits per heavy atom. The van der Waals surface area contributed by atoms with Crippen LogP contribution in [0.3, 0.4) is 0 Å². The lowest BCUT2D eigenvalue weighted by atomic mass is 9.96. The first-order valence-corrected chi connectivity index (χ1v) is 6.93. The van der Waals surface area contributed by atoms with Gasteiger partial charge in [-0.15, -0.1) is 0 Å². The molecule has 3 nitrogen and oxygen atoms in total. The summed E-state index contributed by atoms with van der Waals surface area (Å²) in [6, 6.07) is 4.20. The molecule has 1 aromatic carbocycles. The van der Waals surface area contributed by atoms with Crippen molar-refractivity contribution in [3.05, 3.63) is 33.8 Å². The molecule has 1 N–H and O–H groups in total. The van der Waals surface area contributed by atoms with Crippen molar-refractivity contribution in [3.63, 3.8) is 0 Å². The second-order valence-corrected chi connectivity index (χ2v) is 5.43. The molecule has 1 saturated heterocycles. The topological polar surface area (TPSA) is 32.3 Å². The van der Waals surface area contributed by atoms with Crippen LogP contribution in [0.2, 0.25) is 5.02 Å². The van der Waals surface area contributed by atoms with Crippen molar-refractivity contribution in [2.75, 3.05) is 13.1 Å². The zero-order chi connectivity index (χ0) is 12.7. The van der Waals surface area contributed by atoms with Crippen molar-refractivity contribution in [1.82, 2.24) is 10.2 Å². The third-order valence-electron chi connectivity index (χ3n) is 3.93. The maximum Gasteiger partial charge on any atom is 0.254 e. The summed E-state index contributed by atoms with van der Waals surface area (Å²) in [5.74, 6) is 0.120. The van der Waals surface area contributed by atoms with Crippen molar-refractivity contribution in [2.45, 2.75) is 32.4 Å². The predicted octanol–water partition coefficient (Wildman–Crippen LogP) is 2.74. The number of rotatable bonds is 2. The minimum Gasteiger partial charge on any atom is -0.335 e. The fourth-order valence-corrected chi connectivity index (χ4v) is 3.20. The lowest BCUT2D eigenvalue weighted by Gasteiger charge is -2.16. The second-order valence-electron chi connectivity index (χ2n) is 4.99. The molecule has 1 amide bonds. The van der Waals surface area contributed by atoms with Crippen LogP contribution in [0.1, 0.15) is 47.3 Å². The van der Waals surface area contributed by atoms with Gasteiger partial charge < -0.3 is 10.2 Å². The van der Waals surface area contributed by atoms with Gasteiger partial charge in [-0.05, 0) is 49.6 Å². The molecule has 3 rings (SSSR count). The van der Waals surface area contributed by atoms with E-state index in [2.05, 4.69) is 5.32 Å². The lowest BCUT2D eigenvalue weighted by molar-refractivity contribution is 0.0787. The molecule has 18 heavy (non-hydrogen) atoms. The number of fused-ring (bicyclic) bond motifs is 1. The van der Waals surface area contributed by atoms with Gasteiger partial charge in [-0.3, -0.25) is 4.79 Å². The van der Waals surface area contributed by atoms with Gasteiger partial charge in [-0.25, -0.2) is 0 Å². The van der Waals surface area contributed by atoms with Gasteiger partial charge in [0.15, 0.2) is 0 Å². The monoisotopic (exact) mass is 264 g/mol. The van der Waals surface area contributed by atoms with Crippen LogP contribution in [0.15, 0.2) is 12.1 Å². The molecule has 1 atom stereocenters. The number of halogens is 1. The summed E-state index contributed by atoms with van der Waals surface area (Å²) in [5.41, 5.74) is 3.19. The zero-order valence-electron chi connectivity index (χ0n) is 10.5. The summed E-state index contributed by atoms with van der Waals surface area (Å²) < 4.78 is 0. The molecule has 0 aromatic heterocycles. The largest absolute Gasteiger partial charge is 0.335 e. The van der Waals surface area contributed by atoms with Crippen molar-refractivity contribution in [2.24, 2.45) is 0 Å². The normalized spacial score (nSPS) is 22.7. The smallest absolute Gasteiger partial charge is 0.254 e. The molecule has 0 saturated carbocycles. The molecule has 0 aliphatic carbocycles. The Labute approximate surface area is 112 Å². The average molecular weight is 265 g/mol. The lowest BCUT2D eigenvalue weighted by Crippen LogP contribution is -2.23. The van der Waals surface area contributed by atoms with E-state index in [1.54, 1.807) is 0 Å². The Hall–Kier alpha value is -1.06. The summed E-state index contributed by atoms with van der Waals surface area (Å²) >= 11 is 6.16. The number of amides is 1. The molecule has 0 bridgehead atoms. The fraction of sp³-hybridized carbons (Fsp3) is 0.500. The van der Waals surface area contributed by atoms with Gasteiger partial charge in [0.1, 0.15) is 0 Å². The van der Waals surface area contributed by atoms with Gasteiger partial charge >= 0.3 is 0 Å². The highest BCUT2D eigenvalue weighted by atomic mass is 35.5. The van der Waals surface area contributed by atoms with Crippen LogP contribution in [0.25, 0.3) is 0 Å². The summed E-state index contributed by atoms with van der Waals surface area (Å²) in [7, 11) is 0. The number of carbonyl (C=O) groups excluding carboxylic acids is 1. The predicted molar refractivity (Wildman–Crippen MR) is 71.8 cm³/mol. The summed E-state index contributed by atoms with van der Waals surface area (Å²) in [5, 5.41) is 4.16. The van der Waals surface area contributed by atoms with Crippen molar-refractivity contribution in [1.29, 1.82) is 0 Å². The second kappa shape index (κ2) is 4.56. The zero-order valence-corrected chi connectivity index (χ0v) is 11.3. The summed E-state index contributed by atoms with van der Waals surface area (Å²) in [4.78, 5) is 14.1. The van der Waals surface area contributed by atoms with E-state index in [9.17, 15) is 4.79 Å². The van der Waals surface area contributed by atoms with Crippen molar-refractivity contribution >= 4 is 17.5 Å². The number of carbonyl (C=O) groups is 1. The molecule has 2 aliphatic heterocycles. The molecule has 4 heteroatoms. The molecule has 0 unspecified atom stereocenters. The van der Waals surface area contributed by atoms with Gasteiger partial charge in [0, 0.05) is 29.7 Å². The maximum absolute atomic E-state index is 12.2. The van der Waals surface area contributed by atoms with E-state index in [1.165, 1.54) is 17.5 Å². The Morgan fingerprint density at radius 3 is 3.00 bits per heavy atom. The van der Waals surface area contributed by atoms with E-state index in [4.69, 9.17) is 11.6 Å². The highest BCUT2D eigenvalue weighted by molar-refractivity contribution is 6.31. The molecular formula is C14H17ClN2O. The van der Waals surface area contributed by atoms with Gasteiger partial charge in [0.25, 0.3) is 5.91 Å². The van der Waals surface area contributed by atoms with Gasteiger partial charge in [0.05, 0.1) is 0 Å². The Kier molecular flexibility index (Phi) is 3.04. The van der Waals surface area contributed by atoms with Crippen LogP contribution in [-0.4, -0.2) is 23.9 Å². The molecule has 1 fully saturated rings. The molecule has 0 radical (unpaired) electrons. The number of nitrogens with zero attached hydrogens (tertiary/aromatic N) is 1. The van der Waals surface area contributed by atoms with E-state index in [0.717, 1.165) is 31.6 Å². The standard InChI is InChI=1S/C14H17ClN2O/c1-2-17-8-12-10(13-4-3-5-16-13)6-9(15)7-11(12)14(17)18/h6-7,13,16H,2-5,8H2,1H3/t13-/m0/s1. The first-order chi connectivity index (χ1) is 8.70. The molecular weight excluding hydrogens is 248 g/mol.